The Morgan fingerprint density at radius 3 is 2.85 bits per heavy atom. The van der Waals surface area contributed by atoms with Crippen LogP contribution in [0.2, 0.25) is 5.02 Å². The van der Waals surface area contributed by atoms with Crippen molar-refractivity contribution in [3.63, 3.8) is 0 Å². The summed E-state index contributed by atoms with van der Waals surface area (Å²) in [4.78, 5) is 15.2. The van der Waals surface area contributed by atoms with Crippen LogP contribution in [0.25, 0.3) is 11.3 Å². The molecule has 1 atom stereocenters. The number of carbonyl (C=O) groups excluding carboxylic acids is 1. The Morgan fingerprint density at radius 2 is 2.07 bits per heavy atom. The molecule has 0 saturated carbocycles. The third-order valence-corrected chi connectivity index (χ3v) is 5.33. The first kappa shape index (κ1) is 17.7. The molecule has 2 aromatic carbocycles. The molecule has 1 aliphatic rings. The molecule has 0 bridgehead atoms. The number of fused-ring (bicyclic) bond motifs is 1. The number of rotatable bonds is 2. The first-order valence-electron chi connectivity index (χ1n) is 8.80. The Hall–Kier alpha value is -2.66. The van der Waals surface area contributed by atoms with Gasteiger partial charge in [-0.15, -0.1) is 0 Å². The van der Waals surface area contributed by atoms with Gasteiger partial charge in [-0.25, -0.2) is 4.39 Å². The summed E-state index contributed by atoms with van der Waals surface area (Å²) in [6.45, 7) is 3.70. The van der Waals surface area contributed by atoms with Gasteiger partial charge in [0.15, 0.2) is 0 Å². The minimum atomic E-state index is -0.298. The monoisotopic (exact) mass is 384 g/mol. The fraction of sp³-hybridized carbons (Fsp3) is 0.238. The van der Waals surface area contributed by atoms with E-state index in [-0.39, 0.29) is 17.8 Å². The topological polar surface area (TPSA) is 46.3 Å². The molecule has 1 aromatic heterocycles. The van der Waals surface area contributed by atoms with E-state index < -0.39 is 0 Å². The van der Waals surface area contributed by atoms with Gasteiger partial charge in [0.05, 0.1) is 5.02 Å². The molecule has 2 heterocycles. The van der Waals surface area contributed by atoms with Crippen LogP contribution >= 0.6 is 11.6 Å². The van der Waals surface area contributed by atoms with Gasteiger partial charge in [-0.3, -0.25) is 4.79 Å². The van der Waals surface area contributed by atoms with Gasteiger partial charge in [0.1, 0.15) is 22.8 Å². The largest absolute Gasteiger partial charge is 0.360 e. The first-order valence-corrected chi connectivity index (χ1v) is 9.18. The zero-order valence-electron chi connectivity index (χ0n) is 15.0. The molecule has 0 fully saturated rings. The van der Waals surface area contributed by atoms with Gasteiger partial charge in [0.2, 0.25) is 0 Å². The molecule has 1 aliphatic heterocycles. The lowest BCUT2D eigenvalue weighted by Gasteiger charge is -2.35. The summed E-state index contributed by atoms with van der Waals surface area (Å²) in [5.74, 6) is -0.0892. The third-order valence-electron chi connectivity index (χ3n) is 5.00. The maximum Gasteiger partial charge on any atom is 0.264 e. The van der Waals surface area contributed by atoms with Crippen molar-refractivity contribution in [3.8, 4) is 11.3 Å². The van der Waals surface area contributed by atoms with Crippen LogP contribution < -0.4 is 4.90 Å². The second-order valence-electron chi connectivity index (χ2n) is 6.78. The van der Waals surface area contributed by atoms with Gasteiger partial charge in [-0.1, -0.05) is 35.0 Å². The molecule has 0 aliphatic carbocycles. The van der Waals surface area contributed by atoms with E-state index in [0.29, 0.717) is 27.6 Å². The normalized spacial score (nSPS) is 16.3. The Morgan fingerprint density at radius 1 is 1.30 bits per heavy atom. The summed E-state index contributed by atoms with van der Waals surface area (Å²) in [5, 5.41) is 4.59. The van der Waals surface area contributed by atoms with E-state index in [0.717, 1.165) is 24.1 Å². The summed E-state index contributed by atoms with van der Waals surface area (Å²) in [6.07, 6.45) is 1.49. The SMILES string of the molecule is Cc1onc(-c2ccccc2Cl)c1C(=O)N1c2ccc(F)cc2CCC1C. The van der Waals surface area contributed by atoms with E-state index in [1.165, 1.54) is 12.1 Å². The second-order valence-corrected chi connectivity index (χ2v) is 7.19. The average Bonchev–Trinajstić information content (AvgIpc) is 3.03. The van der Waals surface area contributed by atoms with Crippen LogP contribution in [0, 0.1) is 12.7 Å². The van der Waals surface area contributed by atoms with Gasteiger partial charge in [0.25, 0.3) is 5.91 Å². The number of amides is 1. The van der Waals surface area contributed by atoms with Crippen molar-refractivity contribution in [1.82, 2.24) is 5.16 Å². The summed E-state index contributed by atoms with van der Waals surface area (Å²) < 4.78 is 19.0. The van der Waals surface area contributed by atoms with Crippen molar-refractivity contribution in [2.45, 2.75) is 32.7 Å². The van der Waals surface area contributed by atoms with E-state index in [1.807, 2.05) is 19.1 Å². The van der Waals surface area contributed by atoms with Crippen LogP contribution in [0.1, 0.15) is 35.0 Å². The zero-order chi connectivity index (χ0) is 19.1. The number of benzene rings is 2. The van der Waals surface area contributed by atoms with E-state index in [1.54, 1.807) is 30.0 Å². The summed E-state index contributed by atoms with van der Waals surface area (Å²) in [5.41, 5.74) is 3.00. The Kier molecular flexibility index (Phi) is 4.48. The van der Waals surface area contributed by atoms with E-state index in [2.05, 4.69) is 5.16 Å². The Labute approximate surface area is 161 Å². The summed E-state index contributed by atoms with van der Waals surface area (Å²) in [6, 6.07) is 11.7. The number of hydrogen-bond donors (Lipinski definition) is 0. The van der Waals surface area contributed by atoms with Crippen LogP contribution in [-0.2, 0) is 6.42 Å². The fourth-order valence-electron chi connectivity index (χ4n) is 3.61. The summed E-state index contributed by atoms with van der Waals surface area (Å²) >= 11 is 6.31. The lowest BCUT2D eigenvalue weighted by atomic mass is 9.95. The van der Waals surface area contributed by atoms with Gasteiger partial charge in [-0.05, 0) is 56.5 Å². The molecule has 6 heteroatoms. The predicted molar refractivity (Wildman–Crippen MR) is 103 cm³/mol. The van der Waals surface area contributed by atoms with Gasteiger partial charge in [-0.2, -0.15) is 0 Å². The number of nitrogens with zero attached hydrogens (tertiary/aromatic N) is 2. The van der Waals surface area contributed by atoms with Crippen molar-refractivity contribution < 1.29 is 13.7 Å². The lowest BCUT2D eigenvalue weighted by molar-refractivity contribution is 0.0974. The predicted octanol–water partition coefficient (Wildman–Crippen LogP) is 5.42. The van der Waals surface area contributed by atoms with Crippen molar-refractivity contribution in [2.75, 3.05) is 4.90 Å². The minimum absolute atomic E-state index is 0.0242. The number of carbonyl (C=O) groups is 1. The molecule has 4 nitrogen and oxygen atoms in total. The van der Waals surface area contributed by atoms with Crippen LogP contribution in [0.15, 0.2) is 47.0 Å². The molecule has 1 amide bonds. The fourth-order valence-corrected chi connectivity index (χ4v) is 3.84. The highest BCUT2D eigenvalue weighted by atomic mass is 35.5. The number of hydrogen-bond acceptors (Lipinski definition) is 3. The highest BCUT2D eigenvalue weighted by Gasteiger charge is 2.33. The number of aromatic nitrogens is 1. The molecule has 0 radical (unpaired) electrons. The van der Waals surface area contributed by atoms with Crippen LogP contribution in [0.5, 0.6) is 0 Å². The third kappa shape index (κ3) is 3.02. The molecule has 138 valence electrons. The minimum Gasteiger partial charge on any atom is -0.360 e. The van der Waals surface area contributed by atoms with E-state index in [4.69, 9.17) is 16.1 Å². The van der Waals surface area contributed by atoms with Crippen molar-refractivity contribution in [1.29, 1.82) is 0 Å². The average molecular weight is 385 g/mol. The van der Waals surface area contributed by atoms with E-state index in [9.17, 15) is 9.18 Å². The van der Waals surface area contributed by atoms with Crippen LogP contribution in [0.4, 0.5) is 10.1 Å². The molecule has 4 rings (SSSR count). The second kappa shape index (κ2) is 6.82. The molecule has 1 unspecified atom stereocenters. The Bertz CT molecular complexity index is 1030. The first-order chi connectivity index (χ1) is 13.0. The molecule has 0 spiro atoms. The highest BCUT2D eigenvalue weighted by Crippen LogP contribution is 2.36. The molecule has 27 heavy (non-hydrogen) atoms. The van der Waals surface area contributed by atoms with Crippen molar-refractivity contribution >= 4 is 23.2 Å². The molecule has 3 aromatic rings. The van der Waals surface area contributed by atoms with Crippen molar-refractivity contribution in [3.05, 3.63) is 70.2 Å². The number of anilines is 1. The Balaban J connectivity index is 1.83. The molecule has 0 saturated heterocycles. The number of halogens is 2. The maximum absolute atomic E-state index is 13.6. The lowest BCUT2D eigenvalue weighted by Crippen LogP contribution is -2.42. The molecule has 0 N–H and O–H groups in total. The van der Waals surface area contributed by atoms with Gasteiger partial charge in [0, 0.05) is 17.3 Å². The van der Waals surface area contributed by atoms with Crippen LogP contribution in [-0.4, -0.2) is 17.1 Å². The van der Waals surface area contributed by atoms with E-state index >= 15 is 0 Å². The van der Waals surface area contributed by atoms with Crippen LogP contribution in [0.3, 0.4) is 0 Å². The number of aryl methyl sites for hydroxylation is 2. The summed E-state index contributed by atoms with van der Waals surface area (Å²) in [7, 11) is 0. The smallest absolute Gasteiger partial charge is 0.264 e. The quantitative estimate of drug-likeness (QED) is 0.592. The van der Waals surface area contributed by atoms with Gasteiger partial charge >= 0.3 is 0 Å². The maximum atomic E-state index is 13.6. The molecular formula is C21H18ClFN2O2. The van der Waals surface area contributed by atoms with Crippen molar-refractivity contribution in [2.24, 2.45) is 0 Å². The highest BCUT2D eigenvalue weighted by molar-refractivity contribution is 6.33. The van der Waals surface area contributed by atoms with Gasteiger partial charge < -0.3 is 9.42 Å². The zero-order valence-corrected chi connectivity index (χ0v) is 15.8. The standard InChI is InChI=1S/C21H18ClFN2O2/c1-12-7-8-14-11-15(23)9-10-18(14)25(12)21(26)19-13(2)27-24-20(19)16-5-3-4-6-17(16)22/h3-6,9-12H,7-8H2,1-2H3. The molecular weight excluding hydrogens is 367 g/mol.